The number of rotatable bonds is 6. The molecule has 2 aromatic carbocycles. The van der Waals surface area contributed by atoms with Crippen molar-refractivity contribution in [1.29, 1.82) is 0 Å². The van der Waals surface area contributed by atoms with Crippen molar-refractivity contribution in [3.8, 4) is 11.5 Å². The number of nitrogens with zero attached hydrogens (tertiary/aromatic N) is 3. The topological polar surface area (TPSA) is 84.4 Å². The largest absolute Gasteiger partial charge is 0.436 e. The van der Waals surface area contributed by atoms with Gasteiger partial charge in [0.25, 0.3) is 5.69 Å². The van der Waals surface area contributed by atoms with Gasteiger partial charge in [-0.1, -0.05) is 26.0 Å². The fourth-order valence-corrected chi connectivity index (χ4v) is 2.38. The number of hydrogen-bond donors (Lipinski definition) is 1. The normalized spacial score (nSPS) is 10.5. The molecule has 138 valence electrons. The molecular weight excluding hydrogens is 332 g/mol. The maximum absolute atomic E-state index is 11.4. The second-order valence-corrected chi connectivity index (χ2v) is 5.71. The monoisotopic (exact) mass is 356 g/mol. The van der Waals surface area contributed by atoms with Crippen molar-refractivity contribution in [2.24, 2.45) is 0 Å². The van der Waals surface area contributed by atoms with E-state index in [1.54, 1.807) is 12.1 Å². The Bertz CT molecular complexity index is 841. The van der Waals surface area contributed by atoms with Crippen molar-refractivity contribution in [3.05, 3.63) is 52.6 Å². The minimum Gasteiger partial charge on any atom is -0.436 e. The summed E-state index contributed by atoms with van der Waals surface area (Å²) >= 11 is 0. The van der Waals surface area contributed by atoms with Gasteiger partial charge in [-0.2, -0.15) is 0 Å². The highest BCUT2D eigenvalue weighted by Gasteiger charge is 2.17. The molecule has 0 aliphatic rings. The predicted molar refractivity (Wildman–Crippen MR) is 104 cm³/mol. The number of nitrogens with one attached hydrogen (secondary N) is 1. The Morgan fingerprint density at radius 3 is 2.58 bits per heavy atom. The second kappa shape index (κ2) is 8.96. The van der Waals surface area contributed by atoms with Gasteiger partial charge in [0, 0.05) is 24.7 Å². The number of oxazole rings is 1. The van der Waals surface area contributed by atoms with Crippen LogP contribution in [0, 0.1) is 10.1 Å². The Morgan fingerprint density at radius 2 is 1.92 bits per heavy atom. The Kier molecular flexibility index (Phi) is 6.68. The van der Waals surface area contributed by atoms with Crippen molar-refractivity contribution in [1.82, 2.24) is 9.88 Å². The van der Waals surface area contributed by atoms with E-state index in [4.69, 9.17) is 4.42 Å². The van der Waals surface area contributed by atoms with Crippen molar-refractivity contribution in [3.63, 3.8) is 0 Å². The number of benzene rings is 2. The van der Waals surface area contributed by atoms with Gasteiger partial charge < -0.3 is 14.6 Å². The Morgan fingerprint density at radius 1 is 1.19 bits per heavy atom. The van der Waals surface area contributed by atoms with E-state index in [2.05, 4.69) is 10.3 Å². The molecule has 7 nitrogen and oxygen atoms in total. The first-order valence-corrected chi connectivity index (χ1v) is 8.57. The van der Waals surface area contributed by atoms with Crippen LogP contribution in [0.2, 0.25) is 0 Å². The highest BCUT2D eigenvalue weighted by molar-refractivity contribution is 5.77. The fraction of sp³-hybridized carbons (Fsp3) is 0.316. The van der Waals surface area contributed by atoms with Gasteiger partial charge in [-0.05, 0) is 38.4 Å². The summed E-state index contributed by atoms with van der Waals surface area (Å²) in [5, 5.41) is 14.5. The van der Waals surface area contributed by atoms with E-state index in [0.717, 1.165) is 12.1 Å². The lowest BCUT2D eigenvalue weighted by Gasteiger charge is -2.11. The van der Waals surface area contributed by atoms with Gasteiger partial charge in [-0.3, -0.25) is 10.1 Å². The number of hydrogen-bond acceptors (Lipinski definition) is 6. The van der Waals surface area contributed by atoms with Crippen LogP contribution in [0.5, 0.6) is 0 Å². The molecule has 0 saturated heterocycles. The first-order chi connectivity index (χ1) is 12.5. The SMILES string of the molecule is CC.CN(C)CCNc1ccc(-c2nc3ccccc3o2)cc1[N+](=O)[O-]. The van der Waals surface area contributed by atoms with E-state index < -0.39 is 4.92 Å². The lowest BCUT2D eigenvalue weighted by molar-refractivity contribution is -0.383. The molecule has 0 aliphatic heterocycles. The minimum atomic E-state index is -0.399. The lowest BCUT2D eigenvalue weighted by atomic mass is 10.1. The molecule has 7 heteroatoms. The van der Waals surface area contributed by atoms with Crippen LogP contribution in [0.25, 0.3) is 22.6 Å². The molecule has 3 rings (SSSR count). The standard InChI is InChI=1S/C17H18N4O3.C2H6/c1-20(2)10-9-18-13-8-7-12(11-15(13)21(22)23)17-19-14-5-3-4-6-16(14)24-17;1-2/h3-8,11,18H,9-10H2,1-2H3;1-2H3. The van der Waals surface area contributed by atoms with Crippen LogP contribution < -0.4 is 5.32 Å². The van der Waals surface area contributed by atoms with Crippen LogP contribution >= 0.6 is 0 Å². The Balaban J connectivity index is 0.00000117. The number of anilines is 1. The predicted octanol–water partition coefficient (Wildman–Crippen LogP) is 4.40. The molecule has 0 fully saturated rings. The zero-order chi connectivity index (χ0) is 19.1. The molecule has 26 heavy (non-hydrogen) atoms. The molecule has 0 spiro atoms. The average molecular weight is 356 g/mol. The maximum Gasteiger partial charge on any atom is 0.293 e. The van der Waals surface area contributed by atoms with Crippen LogP contribution in [0.15, 0.2) is 46.9 Å². The third-order valence-corrected chi connectivity index (χ3v) is 3.61. The fourth-order valence-electron chi connectivity index (χ4n) is 2.38. The molecule has 1 aromatic heterocycles. The first-order valence-electron chi connectivity index (χ1n) is 8.57. The van der Waals surface area contributed by atoms with Gasteiger partial charge in [-0.25, -0.2) is 4.98 Å². The average Bonchev–Trinajstić information content (AvgIpc) is 3.07. The molecule has 0 aliphatic carbocycles. The van der Waals surface area contributed by atoms with Crippen molar-refractivity contribution in [2.75, 3.05) is 32.5 Å². The Labute approximate surface area is 152 Å². The van der Waals surface area contributed by atoms with Crippen LogP contribution in [-0.4, -0.2) is 42.0 Å². The van der Waals surface area contributed by atoms with E-state index in [1.165, 1.54) is 6.07 Å². The number of nitro benzene ring substituents is 1. The van der Waals surface area contributed by atoms with E-state index in [9.17, 15) is 10.1 Å². The maximum atomic E-state index is 11.4. The Hall–Kier alpha value is -2.93. The number of para-hydroxylation sites is 2. The summed E-state index contributed by atoms with van der Waals surface area (Å²) in [5.74, 6) is 0.374. The molecule has 1 N–H and O–H groups in total. The molecule has 0 unspecified atom stereocenters. The summed E-state index contributed by atoms with van der Waals surface area (Å²) in [4.78, 5) is 17.4. The van der Waals surface area contributed by atoms with Crippen molar-refractivity contribution < 1.29 is 9.34 Å². The van der Waals surface area contributed by atoms with Gasteiger partial charge in [-0.15, -0.1) is 0 Å². The summed E-state index contributed by atoms with van der Waals surface area (Å²) < 4.78 is 5.68. The third kappa shape index (κ3) is 4.58. The smallest absolute Gasteiger partial charge is 0.293 e. The van der Waals surface area contributed by atoms with Gasteiger partial charge in [0.2, 0.25) is 5.89 Å². The summed E-state index contributed by atoms with van der Waals surface area (Å²) in [5.41, 5.74) is 2.46. The first kappa shape index (κ1) is 19.4. The van der Waals surface area contributed by atoms with Crippen LogP contribution in [0.1, 0.15) is 13.8 Å². The van der Waals surface area contributed by atoms with E-state index in [-0.39, 0.29) is 5.69 Å². The van der Waals surface area contributed by atoms with Gasteiger partial charge in [0.15, 0.2) is 5.58 Å². The van der Waals surface area contributed by atoms with E-state index >= 15 is 0 Å². The van der Waals surface area contributed by atoms with Crippen LogP contribution in [-0.2, 0) is 0 Å². The number of aromatic nitrogens is 1. The van der Waals surface area contributed by atoms with Crippen LogP contribution in [0.3, 0.4) is 0 Å². The zero-order valence-electron chi connectivity index (χ0n) is 15.5. The summed E-state index contributed by atoms with van der Waals surface area (Å²) in [6.07, 6.45) is 0. The van der Waals surface area contributed by atoms with E-state index in [1.807, 2.05) is 57.1 Å². The van der Waals surface area contributed by atoms with Gasteiger partial charge in [0.05, 0.1) is 4.92 Å². The zero-order valence-corrected chi connectivity index (χ0v) is 15.5. The molecule has 0 amide bonds. The third-order valence-electron chi connectivity index (χ3n) is 3.61. The second-order valence-electron chi connectivity index (χ2n) is 5.71. The molecule has 0 bridgehead atoms. The highest BCUT2D eigenvalue weighted by atomic mass is 16.6. The molecule has 3 aromatic rings. The summed E-state index contributed by atoms with van der Waals surface area (Å²) in [7, 11) is 3.90. The van der Waals surface area contributed by atoms with Gasteiger partial charge >= 0.3 is 0 Å². The van der Waals surface area contributed by atoms with Crippen molar-refractivity contribution in [2.45, 2.75) is 13.8 Å². The van der Waals surface area contributed by atoms with Crippen molar-refractivity contribution >= 4 is 22.5 Å². The number of fused-ring (bicyclic) bond motifs is 1. The van der Waals surface area contributed by atoms with Gasteiger partial charge in [0.1, 0.15) is 11.2 Å². The molecular formula is C19H24N4O3. The van der Waals surface area contributed by atoms with Crippen LogP contribution in [0.4, 0.5) is 11.4 Å². The van der Waals surface area contributed by atoms with E-state index in [0.29, 0.717) is 29.3 Å². The quantitative estimate of drug-likeness (QED) is 0.520. The molecule has 0 saturated carbocycles. The molecule has 1 heterocycles. The molecule has 0 atom stereocenters. The number of likely N-dealkylation sites (N-methyl/N-ethyl adjacent to an activating group) is 1. The minimum absolute atomic E-state index is 0.00788. The lowest BCUT2D eigenvalue weighted by Crippen LogP contribution is -2.21. The number of nitro groups is 1. The summed E-state index contributed by atoms with van der Waals surface area (Å²) in [6, 6.07) is 12.3. The molecule has 0 radical (unpaired) electrons. The summed E-state index contributed by atoms with van der Waals surface area (Å²) in [6.45, 7) is 5.40. The highest BCUT2D eigenvalue weighted by Crippen LogP contribution is 2.31.